The molecule has 1 fully saturated rings. The molecule has 0 aromatic heterocycles. The molecule has 17 heavy (non-hydrogen) atoms. The van der Waals surface area contributed by atoms with E-state index in [2.05, 4.69) is 10.2 Å². The normalized spacial score (nSPS) is 17.2. The van der Waals surface area contributed by atoms with Gasteiger partial charge in [0, 0.05) is 32.7 Å². The van der Waals surface area contributed by atoms with Crippen LogP contribution in [0, 0.1) is 6.92 Å². The van der Waals surface area contributed by atoms with Crippen LogP contribution in [-0.2, 0) is 6.42 Å². The molecule has 1 aliphatic rings. The Kier molecular flexibility index (Phi) is 3.86. The van der Waals surface area contributed by atoms with Gasteiger partial charge in [-0.25, -0.2) is 0 Å². The monoisotopic (exact) mass is 236 g/mol. The van der Waals surface area contributed by atoms with E-state index in [9.17, 15) is 10.2 Å². The molecule has 0 spiro atoms. The summed E-state index contributed by atoms with van der Waals surface area (Å²) in [5, 5.41) is 22.7. The maximum atomic E-state index is 9.80. The molecule has 0 aliphatic carbocycles. The average molecular weight is 236 g/mol. The highest BCUT2D eigenvalue weighted by molar-refractivity contribution is 5.44. The maximum absolute atomic E-state index is 9.80. The largest absolute Gasteiger partial charge is 0.508 e. The number of phenols is 2. The first kappa shape index (κ1) is 12.2. The molecule has 94 valence electrons. The lowest BCUT2D eigenvalue weighted by molar-refractivity contribution is 0.243. The van der Waals surface area contributed by atoms with Crippen molar-refractivity contribution in [2.24, 2.45) is 0 Å². The number of aromatic hydroxyl groups is 2. The Morgan fingerprint density at radius 2 is 1.88 bits per heavy atom. The number of nitrogens with zero attached hydrogens (tertiary/aromatic N) is 1. The van der Waals surface area contributed by atoms with Gasteiger partial charge in [0.15, 0.2) is 0 Å². The number of phenolic OH excluding ortho intramolecular Hbond substituents is 2. The van der Waals surface area contributed by atoms with Crippen molar-refractivity contribution in [2.45, 2.75) is 13.3 Å². The minimum Gasteiger partial charge on any atom is -0.508 e. The lowest BCUT2D eigenvalue weighted by atomic mass is 10.1. The van der Waals surface area contributed by atoms with Crippen molar-refractivity contribution in [1.29, 1.82) is 0 Å². The van der Waals surface area contributed by atoms with E-state index in [4.69, 9.17) is 0 Å². The second kappa shape index (κ2) is 5.38. The molecule has 3 N–H and O–H groups in total. The fraction of sp³-hybridized carbons (Fsp3) is 0.538. The van der Waals surface area contributed by atoms with Crippen LogP contribution in [0.5, 0.6) is 11.5 Å². The van der Waals surface area contributed by atoms with Crippen LogP contribution >= 0.6 is 0 Å². The third-order valence-corrected chi connectivity index (χ3v) is 3.30. The third kappa shape index (κ3) is 3.11. The standard InChI is InChI=1S/C13H20N2O2/c1-10-8-13(17)11(9-12(10)16)2-5-15-6-3-14-4-7-15/h8-9,14,16-17H,2-7H2,1H3. The summed E-state index contributed by atoms with van der Waals surface area (Å²) in [6.07, 6.45) is 0.777. The zero-order valence-electron chi connectivity index (χ0n) is 10.2. The van der Waals surface area contributed by atoms with E-state index in [0.717, 1.165) is 44.7 Å². The first-order chi connectivity index (χ1) is 8.16. The summed E-state index contributed by atoms with van der Waals surface area (Å²) < 4.78 is 0. The van der Waals surface area contributed by atoms with Gasteiger partial charge in [0.25, 0.3) is 0 Å². The van der Waals surface area contributed by atoms with Crippen LogP contribution in [0.25, 0.3) is 0 Å². The number of benzene rings is 1. The summed E-state index contributed by atoms with van der Waals surface area (Å²) in [5.74, 6) is 0.550. The summed E-state index contributed by atoms with van der Waals surface area (Å²) in [5.41, 5.74) is 1.54. The maximum Gasteiger partial charge on any atom is 0.119 e. The van der Waals surface area contributed by atoms with Gasteiger partial charge in [-0.3, -0.25) is 0 Å². The Bertz CT molecular complexity index is 387. The van der Waals surface area contributed by atoms with Crippen LogP contribution in [0.2, 0.25) is 0 Å². The quantitative estimate of drug-likeness (QED) is 0.681. The van der Waals surface area contributed by atoms with Gasteiger partial charge in [0.05, 0.1) is 0 Å². The molecule has 1 aromatic rings. The Hall–Kier alpha value is -1.26. The van der Waals surface area contributed by atoms with Gasteiger partial charge in [-0.05, 0) is 36.6 Å². The van der Waals surface area contributed by atoms with Crippen molar-refractivity contribution in [2.75, 3.05) is 32.7 Å². The first-order valence-electron chi connectivity index (χ1n) is 6.11. The molecule has 1 saturated heterocycles. The number of nitrogens with one attached hydrogen (secondary N) is 1. The molecule has 2 rings (SSSR count). The molecule has 4 heteroatoms. The Balaban J connectivity index is 1.96. The lowest BCUT2D eigenvalue weighted by Gasteiger charge is -2.27. The van der Waals surface area contributed by atoms with Crippen molar-refractivity contribution in [3.8, 4) is 11.5 Å². The Morgan fingerprint density at radius 3 is 2.59 bits per heavy atom. The second-order valence-corrected chi connectivity index (χ2v) is 4.61. The predicted molar refractivity (Wildman–Crippen MR) is 67.5 cm³/mol. The highest BCUT2D eigenvalue weighted by Gasteiger charge is 2.11. The van der Waals surface area contributed by atoms with Gasteiger partial charge in [-0.15, -0.1) is 0 Å². The van der Waals surface area contributed by atoms with Crippen molar-refractivity contribution < 1.29 is 10.2 Å². The van der Waals surface area contributed by atoms with E-state index < -0.39 is 0 Å². The minimum atomic E-state index is 0.262. The molecule has 0 bridgehead atoms. The molecule has 0 unspecified atom stereocenters. The predicted octanol–water partition coefficient (Wildman–Crippen LogP) is 0.854. The molecule has 0 atom stereocenters. The van der Waals surface area contributed by atoms with Crippen LogP contribution in [-0.4, -0.2) is 47.8 Å². The fourth-order valence-electron chi connectivity index (χ4n) is 2.14. The van der Waals surface area contributed by atoms with Crippen LogP contribution < -0.4 is 5.32 Å². The van der Waals surface area contributed by atoms with Crippen molar-refractivity contribution >= 4 is 0 Å². The van der Waals surface area contributed by atoms with E-state index >= 15 is 0 Å². The number of hydrogen-bond acceptors (Lipinski definition) is 4. The Morgan fingerprint density at radius 1 is 1.18 bits per heavy atom. The SMILES string of the molecule is Cc1cc(O)c(CCN2CCNCC2)cc1O. The lowest BCUT2D eigenvalue weighted by Crippen LogP contribution is -2.44. The van der Waals surface area contributed by atoms with E-state index in [-0.39, 0.29) is 11.5 Å². The molecular formula is C13H20N2O2. The molecule has 1 aliphatic heterocycles. The number of hydrogen-bond donors (Lipinski definition) is 3. The van der Waals surface area contributed by atoms with Crippen molar-refractivity contribution in [1.82, 2.24) is 10.2 Å². The zero-order valence-corrected chi connectivity index (χ0v) is 10.2. The smallest absolute Gasteiger partial charge is 0.119 e. The Labute approximate surface area is 102 Å². The number of rotatable bonds is 3. The number of piperazine rings is 1. The van der Waals surface area contributed by atoms with E-state index in [0.29, 0.717) is 5.56 Å². The summed E-state index contributed by atoms with van der Waals surface area (Å²) in [4.78, 5) is 2.37. The van der Waals surface area contributed by atoms with Gasteiger partial charge in [-0.2, -0.15) is 0 Å². The highest BCUT2D eigenvalue weighted by atomic mass is 16.3. The number of aryl methyl sites for hydroxylation is 1. The molecule has 0 saturated carbocycles. The average Bonchev–Trinajstić information content (AvgIpc) is 2.33. The van der Waals surface area contributed by atoms with Gasteiger partial charge >= 0.3 is 0 Å². The zero-order chi connectivity index (χ0) is 12.3. The molecule has 4 nitrogen and oxygen atoms in total. The highest BCUT2D eigenvalue weighted by Crippen LogP contribution is 2.26. The minimum absolute atomic E-state index is 0.262. The summed E-state index contributed by atoms with van der Waals surface area (Å²) in [7, 11) is 0. The van der Waals surface area contributed by atoms with Crippen LogP contribution in [0.3, 0.4) is 0 Å². The van der Waals surface area contributed by atoms with E-state index in [1.165, 1.54) is 0 Å². The molecule has 0 amide bonds. The third-order valence-electron chi connectivity index (χ3n) is 3.30. The van der Waals surface area contributed by atoms with Gasteiger partial charge in [-0.1, -0.05) is 0 Å². The molecule has 1 heterocycles. The van der Waals surface area contributed by atoms with Crippen LogP contribution in [0.15, 0.2) is 12.1 Å². The topological polar surface area (TPSA) is 55.7 Å². The van der Waals surface area contributed by atoms with Crippen molar-refractivity contribution in [3.05, 3.63) is 23.3 Å². The molecule has 0 radical (unpaired) electrons. The summed E-state index contributed by atoms with van der Waals surface area (Å²) >= 11 is 0. The second-order valence-electron chi connectivity index (χ2n) is 4.61. The summed E-state index contributed by atoms with van der Waals surface area (Å²) in [6, 6.07) is 3.30. The van der Waals surface area contributed by atoms with Crippen molar-refractivity contribution in [3.63, 3.8) is 0 Å². The van der Waals surface area contributed by atoms with Gasteiger partial charge in [0.2, 0.25) is 0 Å². The van der Waals surface area contributed by atoms with Crippen LogP contribution in [0.1, 0.15) is 11.1 Å². The van der Waals surface area contributed by atoms with Gasteiger partial charge in [0.1, 0.15) is 11.5 Å². The van der Waals surface area contributed by atoms with E-state index in [1.807, 2.05) is 0 Å². The fourth-order valence-corrected chi connectivity index (χ4v) is 2.14. The molecular weight excluding hydrogens is 216 g/mol. The molecule has 1 aromatic carbocycles. The first-order valence-corrected chi connectivity index (χ1v) is 6.11. The van der Waals surface area contributed by atoms with Crippen LogP contribution in [0.4, 0.5) is 0 Å². The van der Waals surface area contributed by atoms with Gasteiger partial charge < -0.3 is 20.4 Å². The van der Waals surface area contributed by atoms with E-state index in [1.54, 1.807) is 19.1 Å². The summed E-state index contributed by atoms with van der Waals surface area (Å²) in [6.45, 7) is 6.89.